The quantitative estimate of drug-likeness (QED) is 0.729. The fraction of sp³-hybridized carbons (Fsp3) is 0.800. The molecule has 7 heteroatoms. The summed E-state index contributed by atoms with van der Waals surface area (Å²) in [5, 5.41) is 7.61. The van der Waals surface area contributed by atoms with Crippen LogP contribution in [0.3, 0.4) is 0 Å². The highest BCUT2D eigenvalue weighted by Crippen LogP contribution is 2.07. The average Bonchev–Trinajstić information content (AvgIpc) is 2.21. The van der Waals surface area contributed by atoms with Gasteiger partial charge in [-0.05, 0) is 13.8 Å². The predicted octanol–water partition coefficient (Wildman–Crippen LogP) is -0.0113. The Kier molecular flexibility index (Phi) is 5.60. The lowest BCUT2D eigenvalue weighted by Crippen LogP contribution is -2.44. The molecular formula is C10H19NO5S. The molecule has 0 saturated heterocycles. The molecule has 0 fully saturated rings. The molecule has 2 unspecified atom stereocenters. The minimum atomic E-state index is -3.45. The van der Waals surface area contributed by atoms with E-state index in [0.29, 0.717) is 0 Å². The summed E-state index contributed by atoms with van der Waals surface area (Å²) in [5.41, 5.74) is 0. The number of sulfone groups is 1. The fourth-order valence-corrected chi connectivity index (χ4v) is 1.74. The average molecular weight is 265 g/mol. The van der Waals surface area contributed by atoms with Gasteiger partial charge < -0.3 is 10.0 Å². The molecule has 17 heavy (non-hydrogen) atoms. The maximum absolute atomic E-state index is 11.8. The number of amides is 1. The molecule has 0 radical (unpaired) electrons. The van der Waals surface area contributed by atoms with Gasteiger partial charge in [0.05, 0.1) is 5.92 Å². The number of hydrogen-bond donors (Lipinski definition) is 1. The lowest BCUT2D eigenvalue weighted by atomic mass is 10.1. The number of carbonyl (C=O) groups is 2. The summed E-state index contributed by atoms with van der Waals surface area (Å²) in [6.45, 7) is 4.78. The van der Waals surface area contributed by atoms with Crippen LogP contribution in [0, 0.1) is 5.92 Å². The van der Waals surface area contributed by atoms with Crippen LogP contribution in [-0.2, 0) is 19.4 Å². The predicted molar refractivity (Wildman–Crippen MR) is 63.4 cm³/mol. The first kappa shape index (κ1) is 15.9. The first-order valence-electron chi connectivity index (χ1n) is 5.31. The van der Waals surface area contributed by atoms with Crippen LogP contribution in [0.25, 0.3) is 0 Å². The molecule has 0 spiro atoms. The lowest BCUT2D eigenvalue weighted by molar-refractivity contribution is -0.142. The minimum absolute atomic E-state index is 0.0184. The van der Waals surface area contributed by atoms with Crippen molar-refractivity contribution in [2.45, 2.75) is 26.0 Å². The Balaban J connectivity index is 4.79. The number of carboxylic acids is 1. The van der Waals surface area contributed by atoms with Crippen LogP contribution >= 0.6 is 0 Å². The summed E-state index contributed by atoms with van der Waals surface area (Å²) in [6.07, 6.45) is 0.990. The molecule has 0 aromatic rings. The van der Waals surface area contributed by atoms with Crippen molar-refractivity contribution in [2.75, 3.05) is 19.3 Å². The molecular weight excluding hydrogens is 246 g/mol. The van der Waals surface area contributed by atoms with Crippen molar-refractivity contribution in [3.05, 3.63) is 0 Å². The van der Waals surface area contributed by atoms with Crippen molar-refractivity contribution < 1.29 is 23.1 Å². The number of hydrogen-bond acceptors (Lipinski definition) is 4. The summed E-state index contributed by atoms with van der Waals surface area (Å²) in [5.74, 6) is -2.28. The number of rotatable bonds is 6. The van der Waals surface area contributed by atoms with Crippen molar-refractivity contribution in [1.29, 1.82) is 0 Å². The zero-order valence-electron chi connectivity index (χ0n) is 10.5. The fourth-order valence-electron chi connectivity index (χ4n) is 1.22. The van der Waals surface area contributed by atoms with Crippen LogP contribution in [0.5, 0.6) is 0 Å². The monoisotopic (exact) mass is 265 g/mol. The van der Waals surface area contributed by atoms with Crippen molar-refractivity contribution in [3.63, 3.8) is 0 Å². The topological polar surface area (TPSA) is 91.8 Å². The molecule has 0 aliphatic heterocycles. The maximum atomic E-state index is 11.8. The van der Waals surface area contributed by atoms with E-state index in [4.69, 9.17) is 5.11 Å². The second-order valence-electron chi connectivity index (χ2n) is 4.09. The van der Waals surface area contributed by atoms with E-state index in [-0.39, 0.29) is 13.1 Å². The second kappa shape index (κ2) is 6.00. The molecule has 0 aliphatic rings. The molecule has 6 nitrogen and oxygen atoms in total. The van der Waals surface area contributed by atoms with Crippen molar-refractivity contribution >= 4 is 21.7 Å². The molecule has 2 atom stereocenters. The molecule has 0 aromatic carbocycles. The summed E-state index contributed by atoms with van der Waals surface area (Å²) in [7, 11) is -3.45. The maximum Gasteiger partial charge on any atom is 0.308 e. The number of nitrogens with zero attached hydrogens (tertiary/aromatic N) is 1. The summed E-state index contributed by atoms with van der Waals surface area (Å²) in [6, 6.07) is 0. The van der Waals surface area contributed by atoms with Crippen molar-refractivity contribution in [2.24, 2.45) is 5.92 Å². The van der Waals surface area contributed by atoms with Gasteiger partial charge in [-0.2, -0.15) is 0 Å². The summed E-state index contributed by atoms with van der Waals surface area (Å²) >= 11 is 0. The van der Waals surface area contributed by atoms with Crippen LogP contribution in [0.15, 0.2) is 0 Å². The number of carboxylic acid groups (broad SMARTS) is 1. The van der Waals surface area contributed by atoms with Gasteiger partial charge in [0.2, 0.25) is 5.91 Å². The SMILES string of the molecule is CCN(CC(C)C(=O)O)C(=O)C(C)S(C)(=O)=O. The van der Waals surface area contributed by atoms with Gasteiger partial charge in [-0.1, -0.05) is 6.92 Å². The van der Waals surface area contributed by atoms with Crippen molar-refractivity contribution in [3.8, 4) is 0 Å². The minimum Gasteiger partial charge on any atom is -0.481 e. The van der Waals surface area contributed by atoms with E-state index in [0.717, 1.165) is 6.26 Å². The summed E-state index contributed by atoms with van der Waals surface area (Å²) in [4.78, 5) is 23.8. The van der Waals surface area contributed by atoms with E-state index < -0.39 is 32.9 Å². The number of carbonyl (C=O) groups excluding carboxylic acids is 1. The van der Waals surface area contributed by atoms with Gasteiger partial charge in [-0.3, -0.25) is 9.59 Å². The smallest absolute Gasteiger partial charge is 0.308 e. The third-order valence-electron chi connectivity index (χ3n) is 2.60. The highest BCUT2D eigenvalue weighted by molar-refractivity contribution is 7.92. The van der Waals surface area contributed by atoms with Gasteiger partial charge in [0.15, 0.2) is 9.84 Å². The van der Waals surface area contributed by atoms with E-state index in [1.54, 1.807) is 6.92 Å². The van der Waals surface area contributed by atoms with Crippen LogP contribution in [0.4, 0.5) is 0 Å². The van der Waals surface area contributed by atoms with Gasteiger partial charge in [0.1, 0.15) is 5.25 Å². The Hall–Kier alpha value is -1.11. The van der Waals surface area contributed by atoms with Crippen LogP contribution in [-0.4, -0.2) is 54.9 Å². The third kappa shape index (κ3) is 4.72. The Morgan fingerprint density at radius 3 is 2.06 bits per heavy atom. The Morgan fingerprint density at radius 1 is 1.29 bits per heavy atom. The van der Waals surface area contributed by atoms with Crippen molar-refractivity contribution in [1.82, 2.24) is 4.90 Å². The Morgan fingerprint density at radius 2 is 1.76 bits per heavy atom. The largest absolute Gasteiger partial charge is 0.481 e. The van der Waals surface area contributed by atoms with Gasteiger partial charge >= 0.3 is 5.97 Å². The van der Waals surface area contributed by atoms with E-state index in [1.165, 1.54) is 18.7 Å². The van der Waals surface area contributed by atoms with E-state index in [1.807, 2.05) is 0 Å². The van der Waals surface area contributed by atoms with Crippen LogP contribution in [0.2, 0.25) is 0 Å². The molecule has 0 heterocycles. The zero-order chi connectivity index (χ0) is 13.8. The molecule has 100 valence electrons. The molecule has 0 bridgehead atoms. The molecule has 0 saturated carbocycles. The zero-order valence-corrected chi connectivity index (χ0v) is 11.3. The first-order chi connectivity index (χ1) is 7.61. The van der Waals surface area contributed by atoms with Gasteiger partial charge in [0, 0.05) is 19.3 Å². The lowest BCUT2D eigenvalue weighted by Gasteiger charge is -2.25. The van der Waals surface area contributed by atoms with Gasteiger partial charge in [0.25, 0.3) is 0 Å². The van der Waals surface area contributed by atoms with Crippen LogP contribution in [0.1, 0.15) is 20.8 Å². The van der Waals surface area contributed by atoms with E-state index in [2.05, 4.69) is 0 Å². The second-order valence-corrected chi connectivity index (χ2v) is 6.45. The normalized spacial score (nSPS) is 15.1. The standard InChI is InChI=1S/C10H19NO5S/c1-5-11(6-7(2)10(13)14)9(12)8(3)17(4,15)16/h7-8H,5-6H2,1-4H3,(H,13,14). The molecule has 1 N–H and O–H groups in total. The van der Waals surface area contributed by atoms with Crippen LogP contribution < -0.4 is 0 Å². The van der Waals surface area contributed by atoms with Gasteiger partial charge in [-0.25, -0.2) is 8.42 Å². The molecule has 0 aromatic heterocycles. The third-order valence-corrected chi connectivity index (χ3v) is 4.09. The first-order valence-corrected chi connectivity index (χ1v) is 7.27. The number of aliphatic carboxylic acids is 1. The highest BCUT2D eigenvalue weighted by atomic mass is 32.2. The molecule has 0 aliphatic carbocycles. The molecule has 1 amide bonds. The Bertz CT molecular complexity index is 390. The van der Waals surface area contributed by atoms with Gasteiger partial charge in [-0.15, -0.1) is 0 Å². The highest BCUT2D eigenvalue weighted by Gasteiger charge is 2.29. The van der Waals surface area contributed by atoms with E-state index in [9.17, 15) is 18.0 Å². The molecule has 0 rings (SSSR count). The Labute approximate surface area is 102 Å². The summed E-state index contributed by atoms with van der Waals surface area (Å²) < 4.78 is 22.5. The van der Waals surface area contributed by atoms with E-state index >= 15 is 0 Å².